The molecule has 4 rings (SSSR count). The van der Waals surface area contributed by atoms with Crippen molar-refractivity contribution in [3.8, 4) is 5.75 Å². The molecule has 0 saturated heterocycles. The average molecular weight is 447 g/mol. The molecule has 32 heavy (non-hydrogen) atoms. The van der Waals surface area contributed by atoms with Gasteiger partial charge in [0, 0.05) is 10.7 Å². The summed E-state index contributed by atoms with van der Waals surface area (Å²) >= 11 is 6.04. The molecule has 2 amide bonds. The number of hydrogen-bond donors (Lipinski definition) is 1. The molecule has 1 heterocycles. The van der Waals surface area contributed by atoms with Crippen molar-refractivity contribution in [3.05, 3.63) is 94.6 Å². The molecule has 0 saturated carbocycles. The molecule has 162 valence electrons. The number of aryl methyl sites for hydroxylation is 1. The molecular weight excluding hydrogens is 424 g/mol. The highest BCUT2D eigenvalue weighted by atomic mass is 35.5. The van der Waals surface area contributed by atoms with Gasteiger partial charge in [-0.1, -0.05) is 42.8 Å². The number of nitrogens with one attached hydrogen (secondary N) is 1. The van der Waals surface area contributed by atoms with Gasteiger partial charge in [-0.3, -0.25) is 9.59 Å². The summed E-state index contributed by atoms with van der Waals surface area (Å²) in [6.07, 6.45) is 0.919. The molecule has 0 aliphatic carbocycles. The lowest BCUT2D eigenvalue weighted by molar-refractivity contribution is -0.120. The van der Waals surface area contributed by atoms with E-state index in [4.69, 9.17) is 16.3 Å². The summed E-state index contributed by atoms with van der Waals surface area (Å²) in [5, 5.41) is 3.73. The molecule has 0 unspecified atom stereocenters. The molecule has 3 aromatic rings. The van der Waals surface area contributed by atoms with E-state index in [2.05, 4.69) is 12.2 Å². The van der Waals surface area contributed by atoms with Crippen molar-refractivity contribution >= 4 is 40.4 Å². The summed E-state index contributed by atoms with van der Waals surface area (Å²) in [7, 11) is 0. The van der Waals surface area contributed by atoms with Gasteiger partial charge in [-0.2, -0.15) is 0 Å². The van der Waals surface area contributed by atoms with Gasteiger partial charge >= 0.3 is 0 Å². The fourth-order valence-corrected chi connectivity index (χ4v) is 3.72. The predicted molar refractivity (Wildman–Crippen MR) is 128 cm³/mol. The summed E-state index contributed by atoms with van der Waals surface area (Å²) in [5.74, 6) is -0.131. The van der Waals surface area contributed by atoms with E-state index in [1.807, 2.05) is 31.2 Å². The van der Waals surface area contributed by atoms with Gasteiger partial charge in [-0.15, -0.1) is 0 Å². The molecule has 1 aliphatic rings. The normalized spacial score (nSPS) is 13.7. The van der Waals surface area contributed by atoms with Gasteiger partial charge in [0.2, 0.25) is 0 Å². The summed E-state index contributed by atoms with van der Waals surface area (Å²) in [4.78, 5) is 28.1. The summed E-state index contributed by atoms with van der Waals surface area (Å²) in [6, 6.07) is 21.6. The zero-order valence-electron chi connectivity index (χ0n) is 17.9. The maximum absolute atomic E-state index is 13.5. The Morgan fingerprint density at radius 1 is 0.844 bits per heavy atom. The first-order valence-corrected chi connectivity index (χ1v) is 10.9. The quantitative estimate of drug-likeness (QED) is 0.473. The van der Waals surface area contributed by atoms with E-state index in [1.165, 1.54) is 10.5 Å². The molecule has 0 atom stereocenters. The molecule has 0 fully saturated rings. The number of carbonyl (C=O) groups excluding carboxylic acids is 2. The van der Waals surface area contributed by atoms with Crippen LogP contribution in [-0.4, -0.2) is 18.4 Å². The number of carbonyl (C=O) groups is 2. The van der Waals surface area contributed by atoms with Crippen LogP contribution < -0.4 is 15.0 Å². The third-order valence-corrected chi connectivity index (χ3v) is 5.51. The second-order valence-corrected chi connectivity index (χ2v) is 7.74. The number of hydrogen-bond acceptors (Lipinski definition) is 4. The Morgan fingerprint density at radius 3 is 2.09 bits per heavy atom. The highest BCUT2D eigenvalue weighted by molar-refractivity contribution is 6.46. The summed E-state index contributed by atoms with van der Waals surface area (Å²) in [5.41, 5.74) is 3.56. The number of ether oxygens (including phenoxy) is 1. The third-order valence-electron chi connectivity index (χ3n) is 5.25. The Kier molecular flexibility index (Phi) is 6.28. The number of anilines is 2. The van der Waals surface area contributed by atoms with E-state index in [0.717, 1.165) is 12.1 Å². The minimum Gasteiger partial charge on any atom is -0.494 e. The van der Waals surface area contributed by atoms with Crippen LogP contribution in [0.4, 0.5) is 11.4 Å². The van der Waals surface area contributed by atoms with Crippen LogP contribution in [0.3, 0.4) is 0 Å². The van der Waals surface area contributed by atoms with Crippen LogP contribution in [-0.2, 0) is 16.0 Å². The van der Waals surface area contributed by atoms with Crippen molar-refractivity contribution in [2.24, 2.45) is 0 Å². The second-order valence-electron chi connectivity index (χ2n) is 7.30. The fraction of sp³-hybridized carbons (Fsp3) is 0.154. The molecule has 6 heteroatoms. The Labute approximate surface area is 192 Å². The van der Waals surface area contributed by atoms with E-state index < -0.39 is 11.8 Å². The third kappa shape index (κ3) is 4.25. The second kappa shape index (κ2) is 9.28. The lowest BCUT2D eigenvalue weighted by Gasteiger charge is -2.16. The highest BCUT2D eigenvalue weighted by Gasteiger charge is 2.40. The monoisotopic (exact) mass is 446 g/mol. The van der Waals surface area contributed by atoms with Crippen LogP contribution in [0.2, 0.25) is 5.02 Å². The first kappa shape index (κ1) is 21.7. The van der Waals surface area contributed by atoms with Gasteiger partial charge in [-0.25, -0.2) is 4.90 Å². The van der Waals surface area contributed by atoms with Crippen molar-refractivity contribution in [1.29, 1.82) is 0 Å². The van der Waals surface area contributed by atoms with Crippen LogP contribution in [0.5, 0.6) is 5.75 Å². The first-order valence-electron chi connectivity index (χ1n) is 10.5. The molecule has 0 bridgehead atoms. The van der Waals surface area contributed by atoms with Gasteiger partial charge in [0.25, 0.3) is 11.8 Å². The number of rotatable bonds is 7. The Morgan fingerprint density at radius 2 is 1.50 bits per heavy atom. The molecule has 1 N–H and O–H groups in total. The van der Waals surface area contributed by atoms with Gasteiger partial charge < -0.3 is 10.1 Å². The molecule has 3 aromatic carbocycles. The number of imide groups is 1. The molecule has 1 aliphatic heterocycles. The fourth-order valence-electron chi connectivity index (χ4n) is 3.59. The zero-order valence-corrected chi connectivity index (χ0v) is 18.6. The minimum absolute atomic E-state index is 0.232. The first-order chi connectivity index (χ1) is 15.5. The van der Waals surface area contributed by atoms with Gasteiger partial charge in [-0.05, 0) is 73.0 Å². The van der Waals surface area contributed by atoms with Gasteiger partial charge in [0.05, 0.1) is 17.9 Å². The molecule has 5 nitrogen and oxygen atoms in total. The number of halogens is 1. The van der Waals surface area contributed by atoms with Crippen LogP contribution in [0.15, 0.2) is 78.5 Å². The van der Waals surface area contributed by atoms with Crippen molar-refractivity contribution in [2.75, 3.05) is 16.8 Å². The largest absolute Gasteiger partial charge is 0.494 e. The zero-order chi connectivity index (χ0) is 22.7. The number of benzene rings is 3. The van der Waals surface area contributed by atoms with E-state index in [1.54, 1.807) is 48.5 Å². The molecule has 0 aromatic heterocycles. The van der Waals surface area contributed by atoms with Gasteiger partial charge in [0.15, 0.2) is 0 Å². The van der Waals surface area contributed by atoms with Crippen molar-refractivity contribution < 1.29 is 14.3 Å². The molecule has 0 radical (unpaired) electrons. The SMILES string of the molecule is CCOc1ccc(N2C(=O)C(Nc3ccc(CC)cc3)=C(c3ccc(Cl)cc3)C2=O)cc1. The van der Waals surface area contributed by atoms with Gasteiger partial charge in [0.1, 0.15) is 11.4 Å². The van der Waals surface area contributed by atoms with Crippen LogP contribution >= 0.6 is 11.6 Å². The highest BCUT2D eigenvalue weighted by Crippen LogP contribution is 2.34. The predicted octanol–water partition coefficient (Wildman–Crippen LogP) is 5.70. The number of amides is 2. The minimum atomic E-state index is -0.413. The Hall–Kier alpha value is -3.57. The van der Waals surface area contributed by atoms with E-state index in [9.17, 15) is 9.59 Å². The maximum atomic E-state index is 13.5. The molecule has 0 spiro atoms. The topological polar surface area (TPSA) is 58.6 Å². The lowest BCUT2D eigenvalue weighted by Crippen LogP contribution is -2.32. The van der Waals surface area contributed by atoms with Crippen LogP contribution in [0, 0.1) is 0 Å². The Bertz CT molecular complexity index is 1170. The van der Waals surface area contributed by atoms with Crippen molar-refractivity contribution in [3.63, 3.8) is 0 Å². The number of nitrogens with zero attached hydrogens (tertiary/aromatic N) is 1. The molecular formula is C26H23ClN2O3. The summed E-state index contributed by atoms with van der Waals surface area (Å²) < 4.78 is 5.47. The van der Waals surface area contributed by atoms with Crippen LogP contribution in [0.1, 0.15) is 25.0 Å². The Balaban J connectivity index is 1.74. The summed E-state index contributed by atoms with van der Waals surface area (Å²) in [6.45, 7) is 4.51. The van der Waals surface area contributed by atoms with E-state index in [-0.39, 0.29) is 5.70 Å². The van der Waals surface area contributed by atoms with E-state index in [0.29, 0.717) is 34.2 Å². The average Bonchev–Trinajstić information content (AvgIpc) is 3.05. The maximum Gasteiger partial charge on any atom is 0.282 e. The lowest BCUT2D eigenvalue weighted by atomic mass is 10.0. The van der Waals surface area contributed by atoms with Crippen LogP contribution in [0.25, 0.3) is 5.57 Å². The van der Waals surface area contributed by atoms with Crippen molar-refractivity contribution in [2.45, 2.75) is 20.3 Å². The smallest absolute Gasteiger partial charge is 0.282 e. The van der Waals surface area contributed by atoms with Crippen molar-refractivity contribution in [1.82, 2.24) is 0 Å². The standard InChI is InChI=1S/C26H23ClN2O3/c1-3-17-5-11-20(12-6-17)28-24-23(18-7-9-19(27)10-8-18)25(30)29(26(24)31)21-13-15-22(16-14-21)32-4-2/h5-16,28H,3-4H2,1-2H3. The van der Waals surface area contributed by atoms with E-state index >= 15 is 0 Å².